The van der Waals surface area contributed by atoms with E-state index < -0.39 is 11.0 Å². The van der Waals surface area contributed by atoms with Gasteiger partial charge in [0.05, 0.1) is 0 Å². The second kappa shape index (κ2) is 4.25. The summed E-state index contributed by atoms with van der Waals surface area (Å²) in [6, 6.07) is 0. The Morgan fingerprint density at radius 2 is 2.00 bits per heavy atom. The maximum absolute atomic E-state index is 9.89. The predicted octanol–water partition coefficient (Wildman–Crippen LogP) is -0.551. The van der Waals surface area contributed by atoms with Crippen LogP contribution in [0.15, 0.2) is 9.63 Å². The van der Waals surface area contributed by atoms with Gasteiger partial charge in [-0.2, -0.15) is 0 Å². The van der Waals surface area contributed by atoms with Crippen LogP contribution in [0.1, 0.15) is 0 Å². The van der Waals surface area contributed by atoms with Crippen molar-refractivity contribution in [3.05, 3.63) is 0 Å². The maximum atomic E-state index is 9.89. The topological polar surface area (TPSA) is 75.9 Å². The Labute approximate surface area is 47.4 Å². The Morgan fingerprint density at radius 3 is 2.38 bits per heavy atom. The summed E-state index contributed by atoms with van der Waals surface area (Å²) >= 11 is 0. The van der Waals surface area contributed by atoms with Crippen LogP contribution in [0.2, 0.25) is 0 Å². The van der Waals surface area contributed by atoms with E-state index in [2.05, 4.69) is 9.63 Å². The van der Waals surface area contributed by atoms with Crippen LogP contribution in [-0.4, -0.2) is 16.2 Å². The van der Waals surface area contributed by atoms with Crippen molar-refractivity contribution in [1.29, 1.82) is 0 Å². The van der Waals surface area contributed by atoms with Crippen molar-refractivity contribution < 1.29 is 13.8 Å². The summed E-state index contributed by atoms with van der Waals surface area (Å²) in [6.45, 7) is 0. The summed E-state index contributed by atoms with van der Waals surface area (Å²) in [5.41, 5.74) is 0.0764. The van der Waals surface area contributed by atoms with Gasteiger partial charge in [0.15, 0.2) is 0 Å². The number of rotatable bonds is 3. The third-order valence-corrected chi connectivity index (χ3v) is 0.677. The molecule has 6 heteroatoms. The van der Waals surface area contributed by atoms with Crippen LogP contribution in [0.25, 0.3) is 0 Å². The molecule has 0 aliphatic carbocycles. The molecule has 0 heterocycles. The molecule has 0 radical (unpaired) electrons. The van der Waals surface area contributed by atoms with Crippen LogP contribution < -0.4 is 0 Å². The number of amides is 1. The van der Waals surface area contributed by atoms with E-state index in [4.69, 9.17) is 0 Å². The van der Waals surface area contributed by atoms with E-state index in [9.17, 15) is 13.8 Å². The molecule has 1 amide bonds. The van der Waals surface area contributed by atoms with Gasteiger partial charge < -0.3 is 0 Å². The summed E-state index contributed by atoms with van der Waals surface area (Å²) in [4.78, 5) is 18.8. The summed E-state index contributed by atoms with van der Waals surface area (Å²) in [5.74, 6) is 0. The lowest BCUT2D eigenvalue weighted by atomic mass is 11.5. The molecule has 0 aliphatic heterocycles. The van der Waals surface area contributed by atoms with Crippen molar-refractivity contribution in [3.63, 3.8) is 0 Å². The van der Waals surface area contributed by atoms with Gasteiger partial charge in [0.2, 0.25) is 16.6 Å². The molecule has 0 bridgehead atoms. The molecule has 0 saturated heterocycles. The molecule has 44 valence electrons. The molecule has 8 heavy (non-hydrogen) atoms. The van der Waals surface area contributed by atoms with E-state index in [0.717, 1.165) is 0 Å². The van der Waals surface area contributed by atoms with Gasteiger partial charge in [-0.25, -0.2) is 4.21 Å². The number of carbonyl (C=O) groups excluding carboxylic acids is 2. The summed E-state index contributed by atoms with van der Waals surface area (Å²) < 4.78 is 12.6. The van der Waals surface area contributed by atoms with Crippen LogP contribution >= 0.6 is 0 Å². The van der Waals surface area contributed by atoms with Gasteiger partial charge in [0.25, 0.3) is 6.41 Å². The smallest absolute Gasteiger partial charge is 0.253 e. The normalized spacial score (nSPS) is 13.5. The molecule has 1 unspecified atom stereocenters. The molecule has 0 N–H and O–H groups in total. The van der Waals surface area contributed by atoms with Crippen LogP contribution in [0.3, 0.4) is 0 Å². The SMILES string of the molecule is O=CN=NS(=O)C=O. The van der Waals surface area contributed by atoms with Crippen LogP contribution in [0.4, 0.5) is 0 Å². The number of hydrogen-bond donors (Lipinski definition) is 0. The molecule has 1 atom stereocenters. The summed E-state index contributed by atoms with van der Waals surface area (Å²) in [7, 11) is -1.98. The Kier molecular flexibility index (Phi) is 3.77. The van der Waals surface area contributed by atoms with E-state index in [0.29, 0.717) is 0 Å². The lowest BCUT2D eigenvalue weighted by molar-refractivity contribution is -0.107. The van der Waals surface area contributed by atoms with Gasteiger partial charge >= 0.3 is 0 Å². The van der Waals surface area contributed by atoms with Crippen molar-refractivity contribution in [2.24, 2.45) is 9.63 Å². The molecule has 5 nitrogen and oxygen atoms in total. The van der Waals surface area contributed by atoms with Gasteiger partial charge in [0.1, 0.15) is 0 Å². The first kappa shape index (κ1) is 7.09. The minimum atomic E-state index is -1.98. The molecule has 0 saturated carbocycles. The number of hydrogen-bond acceptors (Lipinski definition) is 3. The third kappa shape index (κ3) is 3.29. The maximum Gasteiger partial charge on any atom is 0.253 e. The fraction of sp³-hybridized carbons (Fsp3) is 0. The first-order valence-electron chi connectivity index (χ1n) is 1.51. The quantitative estimate of drug-likeness (QED) is 0.383. The summed E-state index contributed by atoms with van der Waals surface area (Å²) in [6.07, 6.45) is 0.0986. The van der Waals surface area contributed by atoms with Crippen LogP contribution in [0.5, 0.6) is 0 Å². The first-order valence-corrected chi connectivity index (χ1v) is 2.68. The molecule has 0 aliphatic rings. The minimum Gasteiger partial charge on any atom is -0.286 e. The van der Waals surface area contributed by atoms with E-state index in [1.54, 1.807) is 0 Å². The molecular weight excluding hydrogens is 132 g/mol. The van der Waals surface area contributed by atoms with Crippen molar-refractivity contribution in [3.8, 4) is 0 Å². The number of nitrogens with zero attached hydrogens (tertiary/aromatic N) is 2. The predicted molar refractivity (Wildman–Crippen MR) is 25.8 cm³/mol. The highest BCUT2D eigenvalue weighted by Gasteiger charge is 1.85. The van der Waals surface area contributed by atoms with E-state index in [-0.39, 0.29) is 12.0 Å². The Morgan fingerprint density at radius 1 is 1.38 bits per heavy atom. The average molecular weight is 134 g/mol. The second-order valence-corrected chi connectivity index (χ2v) is 1.58. The van der Waals surface area contributed by atoms with Crippen LogP contribution in [0, 0.1) is 0 Å². The third-order valence-electron chi connectivity index (χ3n) is 0.257. The highest BCUT2D eigenvalue weighted by atomic mass is 32.2. The monoisotopic (exact) mass is 134 g/mol. The second-order valence-electron chi connectivity index (χ2n) is 0.675. The average Bonchev–Trinajstić information content (AvgIpc) is 1.83. The van der Waals surface area contributed by atoms with E-state index in [1.165, 1.54) is 0 Å². The van der Waals surface area contributed by atoms with Gasteiger partial charge in [-0.3, -0.25) is 9.59 Å². The zero-order valence-electron chi connectivity index (χ0n) is 3.68. The molecule has 0 aromatic carbocycles. The molecule has 0 spiro atoms. The van der Waals surface area contributed by atoms with Crippen molar-refractivity contribution in [2.45, 2.75) is 0 Å². The Bertz CT molecular complexity index is 142. The highest BCUT2D eigenvalue weighted by molar-refractivity contribution is 7.96. The van der Waals surface area contributed by atoms with Gasteiger partial charge in [0, 0.05) is 0 Å². The largest absolute Gasteiger partial charge is 0.286 e. The fourth-order valence-corrected chi connectivity index (χ4v) is 0.255. The molecular formula is C2H2N2O3S. The van der Waals surface area contributed by atoms with Crippen LogP contribution in [-0.2, 0) is 20.6 Å². The van der Waals surface area contributed by atoms with Gasteiger partial charge in [-0.15, -0.1) is 5.11 Å². The van der Waals surface area contributed by atoms with Gasteiger partial charge in [-0.05, 0) is 0 Å². The van der Waals surface area contributed by atoms with Gasteiger partial charge in [-0.1, -0.05) is 4.52 Å². The Balaban J connectivity index is 3.69. The van der Waals surface area contributed by atoms with Crippen molar-refractivity contribution in [1.82, 2.24) is 0 Å². The zero-order valence-corrected chi connectivity index (χ0v) is 4.50. The van der Waals surface area contributed by atoms with Crippen molar-refractivity contribution >= 4 is 23.0 Å². The summed E-state index contributed by atoms with van der Waals surface area (Å²) in [5, 5.41) is 2.66. The molecule has 0 fully saturated rings. The molecule has 0 rings (SSSR count). The lowest BCUT2D eigenvalue weighted by Gasteiger charge is -1.68. The first-order chi connectivity index (χ1) is 3.81. The molecule has 0 aromatic heterocycles. The highest BCUT2D eigenvalue weighted by Crippen LogP contribution is 1.75. The minimum absolute atomic E-state index is 0.0764. The number of carbonyl (C=O) groups is 2. The van der Waals surface area contributed by atoms with E-state index in [1.807, 2.05) is 0 Å². The van der Waals surface area contributed by atoms with E-state index >= 15 is 0 Å². The lowest BCUT2D eigenvalue weighted by Crippen LogP contribution is -1.80. The molecule has 0 aromatic rings. The Hall–Kier alpha value is -0.910. The standard InChI is InChI=1S/C2H2N2O3S/c5-1-3-4-8(7)2-6/h1-2H. The van der Waals surface area contributed by atoms with Crippen molar-refractivity contribution in [2.75, 3.05) is 0 Å². The zero-order chi connectivity index (χ0) is 6.41. The fourth-order valence-electron chi connectivity index (χ4n) is 0.0850.